The average molecular weight is 135 g/mol. The van der Waals surface area contributed by atoms with E-state index < -0.39 is 0 Å². The normalized spacial score (nSPS) is 5.38. The minimum atomic E-state index is -0.292. The molecule has 46 valence electrons. The molecule has 0 amide bonds. The minimum absolute atomic E-state index is 0. The van der Waals surface area contributed by atoms with E-state index in [0.29, 0.717) is 0 Å². The van der Waals surface area contributed by atoms with Crippen LogP contribution in [-0.4, -0.2) is 13.3 Å². The maximum Gasteiger partial charge on any atom is 0.295 e. The molecule has 0 unspecified atom stereocenters. The highest BCUT2D eigenvalue weighted by atomic mass is 32.1. The Kier molecular flexibility index (Phi) is 12.0. The van der Waals surface area contributed by atoms with Crippen LogP contribution in [0.15, 0.2) is 0 Å². The fourth-order valence-corrected chi connectivity index (χ4v) is 0.0882. The predicted molar refractivity (Wildman–Crippen MR) is 29.1 cm³/mol. The van der Waals surface area contributed by atoms with Crippen LogP contribution in [-0.2, 0) is 14.3 Å². The first kappa shape index (κ1) is 10.2. The predicted octanol–water partition coefficient (Wildman–Crippen LogP) is -0.273. The van der Waals surface area contributed by atoms with Crippen molar-refractivity contribution in [3.8, 4) is 6.26 Å². The summed E-state index contributed by atoms with van der Waals surface area (Å²) in [5, 5.41) is 7.62. The first-order valence-corrected chi connectivity index (χ1v) is 1.48. The molecule has 4 nitrogen and oxygen atoms in total. The van der Waals surface area contributed by atoms with Crippen LogP contribution in [0.2, 0.25) is 0 Å². The van der Waals surface area contributed by atoms with Crippen molar-refractivity contribution in [1.29, 1.82) is 5.26 Å². The lowest BCUT2D eigenvalue weighted by Gasteiger charge is -1.87. The molecule has 0 rings (SSSR count). The van der Waals surface area contributed by atoms with Crippen molar-refractivity contribution >= 4 is 20.0 Å². The molecule has 0 aliphatic heterocycles. The van der Waals surface area contributed by atoms with Gasteiger partial charge >= 0.3 is 0 Å². The van der Waals surface area contributed by atoms with Crippen molar-refractivity contribution in [3.63, 3.8) is 0 Å². The van der Waals surface area contributed by atoms with Crippen LogP contribution in [0.25, 0.3) is 0 Å². The molecule has 0 fully saturated rings. The zero-order valence-electron chi connectivity index (χ0n) is 3.96. The van der Waals surface area contributed by atoms with Gasteiger partial charge in [-0.15, -0.1) is 0 Å². The molecule has 0 aromatic carbocycles. The van der Waals surface area contributed by atoms with Crippen molar-refractivity contribution in [1.82, 2.24) is 0 Å². The monoisotopic (exact) mass is 135 g/mol. The third-order valence-corrected chi connectivity index (χ3v) is 0.260. The topological polar surface area (TPSA) is 59.3 Å². The first-order chi connectivity index (χ1) is 3.41. The molecule has 0 atom stereocenters. The molecule has 0 aromatic heterocycles. The van der Waals surface area contributed by atoms with Crippen molar-refractivity contribution in [3.05, 3.63) is 0 Å². The highest BCUT2D eigenvalue weighted by Gasteiger charge is 1.74. The first-order valence-electron chi connectivity index (χ1n) is 1.48. The summed E-state index contributed by atoms with van der Waals surface area (Å²) in [5.41, 5.74) is 0. The molecule has 0 aliphatic rings. The smallest absolute Gasteiger partial charge is 0.295 e. The number of rotatable bonds is 3. The van der Waals surface area contributed by atoms with Gasteiger partial charge in [0.25, 0.3) is 12.7 Å². The SMILES string of the molecule is N#COCOC=O.S. The summed E-state index contributed by atoms with van der Waals surface area (Å²) in [6.07, 6.45) is 1.32. The molecule has 0 radical (unpaired) electrons. The number of nitriles is 1. The number of ether oxygens (including phenoxy) is 2. The standard InChI is InChI=1S/C3H3NO3.H2S/c4-1-6-3-7-2-5;/h2H,3H2;1H2. The summed E-state index contributed by atoms with van der Waals surface area (Å²) in [6.45, 7) is -0.0860. The van der Waals surface area contributed by atoms with Gasteiger partial charge in [0.05, 0.1) is 0 Å². The van der Waals surface area contributed by atoms with Crippen molar-refractivity contribution in [2.24, 2.45) is 0 Å². The van der Waals surface area contributed by atoms with E-state index in [9.17, 15) is 4.79 Å². The third kappa shape index (κ3) is 8.92. The van der Waals surface area contributed by atoms with Crippen molar-refractivity contribution in [2.45, 2.75) is 0 Å². The van der Waals surface area contributed by atoms with E-state index in [-0.39, 0.29) is 26.8 Å². The van der Waals surface area contributed by atoms with Crippen LogP contribution in [0.1, 0.15) is 0 Å². The second-order valence-electron chi connectivity index (χ2n) is 0.616. The van der Waals surface area contributed by atoms with E-state index in [2.05, 4.69) is 9.47 Å². The summed E-state index contributed by atoms with van der Waals surface area (Å²) >= 11 is 0. The fourth-order valence-electron chi connectivity index (χ4n) is 0.0882. The van der Waals surface area contributed by atoms with Gasteiger partial charge in [0.1, 0.15) is 0 Å². The Bertz CT molecular complexity index is 89.0. The van der Waals surface area contributed by atoms with Gasteiger partial charge in [-0.25, -0.2) is 0 Å². The van der Waals surface area contributed by atoms with E-state index in [1.54, 1.807) is 0 Å². The van der Waals surface area contributed by atoms with Crippen LogP contribution in [0, 0.1) is 11.5 Å². The molecule has 0 N–H and O–H groups in total. The van der Waals surface area contributed by atoms with Gasteiger partial charge in [-0.05, 0) is 0 Å². The van der Waals surface area contributed by atoms with E-state index >= 15 is 0 Å². The highest BCUT2D eigenvalue weighted by Crippen LogP contribution is 1.66. The second kappa shape index (κ2) is 9.44. The maximum absolute atomic E-state index is 9.27. The third-order valence-electron chi connectivity index (χ3n) is 0.260. The van der Waals surface area contributed by atoms with Crippen molar-refractivity contribution < 1.29 is 14.3 Å². The van der Waals surface area contributed by atoms with Crippen LogP contribution >= 0.6 is 13.5 Å². The number of nitrogens with zero attached hydrogens (tertiary/aromatic N) is 1. The fraction of sp³-hybridized carbons (Fsp3) is 0.333. The lowest BCUT2D eigenvalue weighted by Crippen LogP contribution is -1.91. The maximum atomic E-state index is 9.27. The Hall–Kier alpha value is -0.890. The molecule has 0 aliphatic carbocycles. The van der Waals surface area contributed by atoms with E-state index in [0.717, 1.165) is 0 Å². The quantitative estimate of drug-likeness (QED) is 0.231. The second-order valence-corrected chi connectivity index (χ2v) is 0.616. The van der Waals surface area contributed by atoms with Gasteiger partial charge in [-0.2, -0.15) is 18.8 Å². The van der Waals surface area contributed by atoms with Gasteiger partial charge < -0.3 is 9.47 Å². The Morgan fingerprint density at radius 1 is 1.75 bits per heavy atom. The highest BCUT2D eigenvalue weighted by molar-refractivity contribution is 7.59. The lowest BCUT2D eigenvalue weighted by atomic mass is 11.3. The summed E-state index contributed by atoms with van der Waals surface area (Å²) in [5.74, 6) is 0. The van der Waals surface area contributed by atoms with Gasteiger partial charge in [-0.1, -0.05) is 0 Å². The van der Waals surface area contributed by atoms with E-state index in [1.165, 1.54) is 6.26 Å². The molecule has 0 saturated heterocycles. The average Bonchev–Trinajstić information content (AvgIpc) is 1.69. The molecular formula is C3H5NO3S. The largest absolute Gasteiger partial charge is 0.429 e. The number of carbonyl (C=O) groups excluding carboxylic acids is 1. The molecular weight excluding hydrogens is 130 g/mol. The zero-order valence-corrected chi connectivity index (χ0v) is 4.96. The summed E-state index contributed by atoms with van der Waals surface area (Å²) in [6, 6.07) is 0. The van der Waals surface area contributed by atoms with Crippen molar-refractivity contribution in [2.75, 3.05) is 6.79 Å². The van der Waals surface area contributed by atoms with Gasteiger partial charge in [0.15, 0.2) is 0 Å². The molecule has 0 aromatic rings. The van der Waals surface area contributed by atoms with Crippen LogP contribution < -0.4 is 0 Å². The summed E-state index contributed by atoms with van der Waals surface area (Å²) in [4.78, 5) is 9.27. The van der Waals surface area contributed by atoms with Gasteiger partial charge in [0, 0.05) is 0 Å². The van der Waals surface area contributed by atoms with Gasteiger partial charge in [-0.3, -0.25) is 4.79 Å². The molecule has 8 heavy (non-hydrogen) atoms. The minimum Gasteiger partial charge on any atom is -0.429 e. The van der Waals surface area contributed by atoms with Crippen LogP contribution in [0.5, 0.6) is 0 Å². The van der Waals surface area contributed by atoms with E-state index in [1.807, 2.05) is 0 Å². The molecule has 0 saturated carbocycles. The van der Waals surface area contributed by atoms with E-state index in [4.69, 9.17) is 5.26 Å². The summed E-state index contributed by atoms with van der Waals surface area (Å²) in [7, 11) is 0. The Labute approximate surface area is 53.4 Å². The zero-order chi connectivity index (χ0) is 5.54. The van der Waals surface area contributed by atoms with Crippen LogP contribution in [0.4, 0.5) is 0 Å². The molecule has 0 spiro atoms. The number of hydrogen-bond acceptors (Lipinski definition) is 4. The van der Waals surface area contributed by atoms with Crippen LogP contribution in [0.3, 0.4) is 0 Å². The number of hydrogen-bond donors (Lipinski definition) is 0. The Morgan fingerprint density at radius 3 is 2.75 bits per heavy atom. The van der Waals surface area contributed by atoms with Gasteiger partial charge in [0.2, 0.25) is 6.79 Å². The summed E-state index contributed by atoms with van der Waals surface area (Å²) < 4.78 is 7.87. The Morgan fingerprint density at radius 2 is 2.38 bits per heavy atom. The Balaban J connectivity index is 0. The molecule has 0 bridgehead atoms. The molecule has 0 heterocycles. The lowest BCUT2D eigenvalue weighted by molar-refractivity contribution is -0.136. The number of carbonyl (C=O) groups is 1. The molecule has 5 heteroatoms.